The average Bonchev–Trinajstić information content (AvgIpc) is 2.89. The third-order valence-corrected chi connectivity index (χ3v) is 4.32. The van der Waals surface area contributed by atoms with Crippen molar-refractivity contribution in [2.45, 2.75) is 39.3 Å². The van der Waals surface area contributed by atoms with Crippen molar-refractivity contribution in [1.82, 2.24) is 10.2 Å². The SMILES string of the molecule is CCN[C@@H](C)[C@H]1CCN([C@H](C)c2ccccc2)C1. The van der Waals surface area contributed by atoms with Crippen LogP contribution in [-0.2, 0) is 0 Å². The second kappa shape index (κ2) is 6.35. The number of likely N-dealkylation sites (tertiary alicyclic amines) is 1. The van der Waals surface area contributed by atoms with Gasteiger partial charge in [0.15, 0.2) is 0 Å². The molecule has 0 saturated carbocycles. The van der Waals surface area contributed by atoms with Crippen molar-refractivity contribution in [3.8, 4) is 0 Å². The Labute approximate surface area is 111 Å². The molecule has 18 heavy (non-hydrogen) atoms. The largest absolute Gasteiger partial charge is 0.314 e. The first-order valence-corrected chi connectivity index (χ1v) is 7.24. The van der Waals surface area contributed by atoms with Crippen LogP contribution in [0.1, 0.15) is 38.8 Å². The molecule has 0 unspecified atom stereocenters. The van der Waals surface area contributed by atoms with Crippen LogP contribution in [0.2, 0.25) is 0 Å². The molecule has 3 atom stereocenters. The minimum absolute atomic E-state index is 0.546. The second-order valence-electron chi connectivity index (χ2n) is 5.48. The van der Waals surface area contributed by atoms with Crippen molar-refractivity contribution < 1.29 is 0 Å². The van der Waals surface area contributed by atoms with Gasteiger partial charge in [-0.3, -0.25) is 4.90 Å². The molecule has 1 aromatic carbocycles. The Morgan fingerprint density at radius 2 is 2.00 bits per heavy atom. The molecule has 0 bridgehead atoms. The van der Waals surface area contributed by atoms with Gasteiger partial charge >= 0.3 is 0 Å². The first-order chi connectivity index (χ1) is 8.72. The van der Waals surface area contributed by atoms with Crippen LogP contribution in [0.5, 0.6) is 0 Å². The van der Waals surface area contributed by atoms with E-state index in [9.17, 15) is 0 Å². The average molecular weight is 246 g/mol. The Morgan fingerprint density at radius 3 is 2.67 bits per heavy atom. The zero-order valence-electron chi connectivity index (χ0n) is 11.9. The lowest BCUT2D eigenvalue weighted by atomic mass is 10.0. The van der Waals surface area contributed by atoms with E-state index < -0.39 is 0 Å². The summed E-state index contributed by atoms with van der Waals surface area (Å²) in [6, 6.07) is 12.0. The lowest BCUT2D eigenvalue weighted by Crippen LogP contribution is -2.35. The predicted octanol–water partition coefficient (Wildman–Crippen LogP) is 3.07. The Balaban J connectivity index is 1.92. The Bertz CT molecular complexity index is 349. The zero-order valence-corrected chi connectivity index (χ0v) is 11.9. The summed E-state index contributed by atoms with van der Waals surface area (Å²) in [5, 5.41) is 3.56. The van der Waals surface area contributed by atoms with E-state index in [-0.39, 0.29) is 0 Å². The third-order valence-electron chi connectivity index (χ3n) is 4.32. The third kappa shape index (κ3) is 3.12. The number of rotatable bonds is 5. The first-order valence-electron chi connectivity index (χ1n) is 7.24. The van der Waals surface area contributed by atoms with Crippen molar-refractivity contribution >= 4 is 0 Å². The van der Waals surface area contributed by atoms with Gasteiger partial charge in [-0.1, -0.05) is 37.3 Å². The van der Waals surface area contributed by atoms with E-state index in [0.717, 1.165) is 12.5 Å². The highest BCUT2D eigenvalue weighted by atomic mass is 15.2. The Kier molecular flexibility index (Phi) is 4.79. The molecular weight excluding hydrogens is 220 g/mol. The molecule has 2 heteroatoms. The van der Waals surface area contributed by atoms with Crippen LogP contribution in [0.15, 0.2) is 30.3 Å². The van der Waals surface area contributed by atoms with Gasteiger partial charge in [-0.15, -0.1) is 0 Å². The predicted molar refractivity (Wildman–Crippen MR) is 77.7 cm³/mol. The van der Waals surface area contributed by atoms with E-state index in [1.165, 1.54) is 25.1 Å². The van der Waals surface area contributed by atoms with E-state index >= 15 is 0 Å². The highest BCUT2D eigenvalue weighted by molar-refractivity contribution is 5.18. The number of hydrogen-bond donors (Lipinski definition) is 1. The smallest absolute Gasteiger partial charge is 0.0320 e. The summed E-state index contributed by atoms with van der Waals surface area (Å²) >= 11 is 0. The molecule has 1 aliphatic rings. The maximum Gasteiger partial charge on any atom is 0.0320 e. The highest BCUT2D eigenvalue weighted by Crippen LogP contribution is 2.28. The van der Waals surface area contributed by atoms with Crippen LogP contribution in [0.25, 0.3) is 0 Å². The fourth-order valence-electron chi connectivity index (χ4n) is 3.01. The number of nitrogens with one attached hydrogen (secondary N) is 1. The fraction of sp³-hybridized carbons (Fsp3) is 0.625. The van der Waals surface area contributed by atoms with Gasteiger partial charge in [0, 0.05) is 18.6 Å². The number of hydrogen-bond acceptors (Lipinski definition) is 2. The summed E-state index contributed by atoms with van der Waals surface area (Å²) in [6.07, 6.45) is 1.32. The first kappa shape index (κ1) is 13.6. The lowest BCUT2D eigenvalue weighted by molar-refractivity contribution is 0.243. The molecule has 100 valence electrons. The van der Waals surface area contributed by atoms with E-state index in [1.54, 1.807) is 0 Å². The monoisotopic (exact) mass is 246 g/mol. The molecule has 0 radical (unpaired) electrons. The zero-order chi connectivity index (χ0) is 13.0. The molecule has 2 nitrogen and oxygen atoms in total. The summed E-state index contributed by atoms with van der Waals surface area (Å²) in [5.74, 6) is 0.802. The highest BCUT2D eigenvalue weighted by Gasteiger charge is 2.29. The second-order valence-corrected chi connectivity index (χ2v) is 5.48. The van der Waals surface area contributed by atoms with Crippen molar-refractivity contribution in [3.05, 3.63) is 35.9 Å². The van der Waals surface area contributed by atoms with Gasteiger partial charge in [-0.2, -0.15) is 0 Å². The number of benzene rings is 1. The van der Waals surface area contributed by atoms with Crippen molar-refractivity contribution in [1.29, 1.82) is 0 Å². The summed E-state index contributed by atoms with van der Waals surface area (Å²) in [4.78, 5) is 2.62. The summed E-state index contributed by atoms with van der Waals surface area (Å²) in [7, 11) is 0. The minimum Gasteiger partial charge on any atom is -0.314 e. The molecule has 1 N–H and O–H groups in total. The standard InChI is InChI=1S/C16H26N2/c1-4-17-13(2)16-10-11-18(12-16)14(3)15-8-6-5-7-9-15/h5-9,13-14,16-17H,4,10-12H2,1-3H3/t13-,14+,16-/m0/s1. The van der Waals surface area contributed by atoms with Crippen LogP contribution < -0.4 is 5.32 Å². The number of nitrogens with zero attached hydrogens (tertiary/aromatic N) is 1. The molecule has 0 amide bonds. The van der Waals surface area contributed by atoms with Gasteiger partial charge in [-0.25, -0.2) is 0 Å². The topological polar surface area (TPSA) is 15.3 Å². The fourth-order valence-corrected chi connectivity index (χ4v) is 3.01. The van der Waals surface area contributed by atoms with Crippen molar-refractivity contribution in [2.75, 3.05) is 19.6 Å². The van der Waals surface area contributed by atoms with Crippen LogP contribution in [0.4, 0.5) is 0 Å². The van der Waals surface area contributed by atoms with Gasteiger partial charge in [0.1, 0.15) is 0 Å². The summed E-state index contributed by atoms with van der Waals surface area (Å²) < 4.78 is 0. The maximum absolute atomic E-state index is 3.56. The van der Waals surface area contributed by atoms with E-state index in [1.807, 2.05) is 0 Å². The molecule has 1 fully saturated rings. The van der Waals surface area contributed by atoms with Gasteiger partial charge in [-0.05, 0) is 44.8 Å². The van der Waals surface area contributed by atoms with E-state index in [0.29, 0.717) is 12.1 Å². The quantitative estimate of drug-likeness (QED) is 0.859. The van der Waals surface area contributed by atoms with Crippen LogP contribution in [-0.4, -0.2) is 30.6 Å². The molecule has 2 rings (SSSR count). The molecule has 0 aromatic heterocycles. The maximum atomic E-state index is 3.56. The molecule has 0 aliphatic carbocycles. The van der Waals surface area contributed by atoms with Crippen LogP contribution in [0, 0.1) is 5.92 Å². The summed E-state index contributed by atoms with van der Waals surface area (Å²) in [5.41, 5.74) is 1.44. The summed E-state index contributed by atoms with van der Waals surface area (Å²) in [6.45, 7) is 10.4. The van der Waals surface area contributed by atoms with Gasteiger partial charge < -0.3 is 5.32 Å². The van der Waals surface area contributed by atoms with Crippen LogP contribution in [0.3, 0.4) is 0 Å². The Morgan fingerprint density at radius 1 is 1.28 bits per heavy atom. The molecule has 1 saturated heterocycles. The molecular formula is C16H26N2. The van der Waals surface area contributed by atoms with Crippen molar-refractivity contribution in [3.63, 3.8) is 0 Å². The molecule has 1 aliphatic heterocycles. The Hall–Kier alpha value is -0.860. The molecule has 0 spiro atoms. The lowest BCUT2D eigenvalue weighted by Gasteiger charge is -2.26. The normalized spacial score (nSPS) is 24.1. The van der Waals surface area contributed by atoms with Crippen LogP contribution >= 0.6 is 0 Å². The van der Waals surface area contributed by atoms with Gasteiger partial charge in [0.05, 0.1) is 0 Å². The van der Waals surface area contributed by atoms with E-state index in [2.05, 4.69) is 61.3 Å². The molecule has 1 aromatic rings. The van der Waals surface area contributed by atoms with E-state index in [4.69, 9.17) is 0 Å². The van der Waals surface area contributed by atoms with Gasteiger partial charge in [0.25, 0.3) is 0 Å². The van der Waals surface area contributed by atoms with Crippen molar-refractivity contribution in [2.24, 2.45) is 5.92 Å². The van der Waals surface area contributed by atoms with Gasteiger partial charge in [0.2, 0.25) is 0 Å². The molecule has 1 heterocycles. The minimum atomic E-state index is 0.546.